The van der Waals surface area contributed by atoms with Crippen molar-refractivity contribution in [2.75, 3.05) is 13.1 Å². The van der Waals surface area contributed by atoms with Crippen molar-refractivity contribution in [1.82, 2.24) is 20.2 Å². The lowest BCUT2D eigenvalue weighted by molar-refractivity contribution is 0.0232. The third-order valence-corrected chi connectivity index (χ3v) is 4.96. The molecular weight excluding hydrogens is 460 g/mol. The number of aromatic amines is 1. The van der Waals surface area contributed by atoms with E-state index in [1.807, 2.05) is 57.2 Å². The minimum Gasteiger partial charge on any atom is -0.444 e. The second kappa shape index (κ2) is 9.96. The fourth-order valence-corrected chi connectivity index (χ4v) is 3.42. The van der Waals surface area contributed by atoms with Crippen LogP contribution in [0.15, 0.2) is 53.3 Å². The Labute approximate surface area is 190 Å². The van der Waals surface area contributed by atoms with Crippen LogP contribution in [0.1, 0.15) is 43.2 Å². The Morgan fingerprint density at radius 2 is 2.03 bits per heavy atom. The first-order valence-corrected chi connectivity index (χ1v) is 10.9. The van der Waals surface area contributed by atoms with Crippen LogP contribution in [0.25, 0.3) is 10.9 Å². The molecule has 0 aliphatic carbocycles. The number of nitrogens with one attached hydrogen (secondary N) is 2. The van der Waals surface area contributed by atoms with Gasteiger partial charge in [-0.15, -0.1) is 0 Å². The molecule has 164 valence electrons. The number of rotatable bonds is 7. The van der Waals surface area contributed by atoms with Gasteiger partial charge in [-0.2, -0.15) is 0 Å². The molecule has 0 aliphatic heterocycles. The number of carbonyl (C=O) groups is 2. The van der Waals surface area contributed by atoms with Crippen molar-refractivity contribution in [3.8, 4) is 0 Å². The number of ether oxygens (including phenoxy) is 1. The van der Waals surface area contributed by atoms with E-state index in [9.17, 15) is 9.59 Å². The van der Waals surface area contributed by atoms with Crippen LogP contribution in [-0.4, -0.2) is 45.6 Å². The van der Waals surface area contributed by atoms with Crippen molar-refractivity contribution in [3.63, 3.8) is 0 Å². The highest BCUT2D eigenvalue weighted by Crippen LogP contribution is 2.20. The number of hydrogen-bond acceptors (Lipinski definition) is 4. The van der Waals surface area contributed by atoms with Crippen molar-refractivity contribution >= 4 is 38.8 Å². The molecule has 31 heavy (non-hydrogen) atoms. The van der Waals surface area contributed by atoms with Gasteiger partial charge < -0.3 is 19.9 Å². The molecule has 0 spiro atoms. The molecular formula is C23H27BrN4O3. The minimum atomic E-state index is -0.580. The summed E-state index contributed by atoms with van der Waals surface area (Å²) in [4.78, 5) is 34.0. The lowest BCUT2D eigenvalue weighted by Crippen LogP contribution is -2.38. The molecule has 0 saturated heterocycles. The molecule has 2 aromatic heterocycles. The van der Waals surface area contributed by atoms with Gasteiger partial charge in [0.15, 0.2) is 0 Å². The SMILES string of the molecule is CC(C)(C)OC(=O)N(CCCNC(=O)c1cc2ccc(Br)cc2[nH]1)Cc1cccnc1. The quantitative estimate of drug-likeness (QED) is 0.465. The van der Waals surface area contributed by atoms with E-state index in [1.54, 1.807) is 17.3 Å². The fourth-order valence-electron chi connectivity index (χ4n) is 3.06. The van der Waals surface area contributed by atoms with Gasteiger partial charge in [0.1, 0.15) is 11.3 Å². The van der Waals surface area contributed by atoms with E-state index < -0.39 is 5.60 Å². The van der Waals surface area contributed by atoms with Gasteiger partial charge in [0.25, 0.3) is 5.91 Å². The Balaban J connectivity index is 1.56. The molecule has 0 aliphatic rings. The topological polar surface area (TPSA) is 87.3 Å². The van der Waals surface area contributed by atoms with Crippen molar-refractivity contribution in [2.24, 2.45) is 0 Å². The number of halogens is 1. The second-order valence-corrected chi connectivity index (χ2v) is 9.20. The highest BCUT2D eigenvalue weighted by Gasteiger charge is 2.22. The molecule has 8 heteroatoms. The normalized spacial score (nSPS) is 11.4. The van der Waals surface area contributed by atoms with Gasteiger partial charge in [0, 0.05) is 40.9 Å². The Morgan fingerprint density at radius 1 is 1.23 bits per heavy atom. The Morgan fingerprint density at radius 3 is 2.74 bits per heavy atom. The lowest BCUT2D eigenvalue weighted by Gasteiger charge is -2.27. The van der Waals surface area contributed by atoms with Crippen LogP contribution >= 0.6 is 15.9 Å². The lowest BCUT2D eigenvalue weighted by atomic mass is 10.2. The number of pyridine rings is 1. The summed E-state index contributed by atoms with van der Waals surface area (Å²) in [6, 6.07) is 11.4. The van der Waals surface area contributed by atoms with Gasteiger partial charge >= 0.3 is 6.09 Å². The Bertz CT molecular complexity index is 1040. The molecule has 0 fully saturated rings. The highest BCUT2D eigenvalue weighted by molar-refractivity contribution is 9.10. The van der Waals surface area contributed by atoms with Gasteiger partial charge in [0.2, 0.25) is 0 Å². The van der Waals surface area contributed by atoms with Crippen LogP contribution < -0.4 is 5.32 Å². The molecule has 0 bridgehead atoms. The summed E-state index contributed by atoms with van der Waals surface area (Å²) in [5.41, 5.74) is 1.74. The van der Waals surface area contributed by atoms with Crippen LogP contribution in [0, 0.1) is 0 Å². The third-order valence-electron chi connectivity index (χ3n) is 4.47. The standard InChI is InChI=1S/C23H27BrN4O3/c1-23(2,3)31-22(30)28(15-16-6-4-9-25-14-16)11-5-10-26-21(29)20-12-17-7-8-18(24)13-19(17)27-20/h4,6-9,12-14,27H,5,10-11,15H2,1-3H3,(H,26,29). The zero-order valence-corrected chi connectivity index (χ0v) is 19.5. The smallest absolute Gasteiger partial charge is 0.410 e. The van der Waals surface area contributed by atoms with Gasteiger partial charge in [-0.1, -0.05) is 28.1 Å². The molecule has 0 saturated carbocycles. The summed E-state index contributed by atoms with van der Waals surface area (Å²) in [6.07, 6.45) is 3.63. The molecule has 0 atom stereocenters. The largest absolute Gasteiger partial charge is 0.444 e. The van der Waals surface area contributed by atoms with E-state index in [-0.39, 0.29) is 12.0 Å². The van der Waals surface area contributed by atoms with Gasteiger partial charge in [-0.05, 0) is 57.0 Å². The molecule has 3 rings (SSSR count). The van der Waals surface area contributed by atoms with E-state index in [1.165, 1.54) is 0 Å². The fraction of sp³-hybridized carbons (Fsp3) is 0.348. The number of aromatic nitrogens is 2. The molecule has 0 unspecified atom stereocenters. The van der Waals surface area contributed by atoms with Crippen LogP contribution in [-0.2, 0) is 11.3 Å². The van der Waals surface area contributed by atoms with E-state index in [0.29, 0.717) is 31.7 Å². The first kappa shape index (κ1) is 22.8. The second-order valence-electron chi connectivity index (χ2n) is 8.29. The molecule has 2 N–H and O–H groups in total. The number of fused-ring (bicyclic) bond motifs is 1. The summed E-state index contributed by atoms with van der Waals surface area (Å²) >= 11 is 3.43. The van der Waals surface area contributed by atoms with Crippen LogP contribution in [0.5, 0.6) is 0 Å². The van der Waals surface area contributed by atoms with E-state index in [0.717, 1.165) is 20.9 Å². The monoisotopic (exact) mass is 486 g/mol. The Hall–Kier alpha value is -2.87. The number of hydrogen-bond donors (Lipinski definition) is 2. The summed E-state index contributed by atoms with van der Waals surface area (Å²) in [5, 5.41) is 3.88. The van der Waals surface area contributed by atoms with Gasteiger partial charge in [-0.25, -0.2) is 4.79 Å². The average Bonchev–Trinajstić information content (AvgIpc) is 3.13. The van der Waals surface area contributed by atoms with Crippen molar-refractivity contribution < 1.29 is 14.3 Å². The Kier molecular flexibility index (Phi) is 7.33. The van der Waals surface area contributed by atoms with Gasteiger partial charge in [0.05, 0.1) is 6.54 Å². The highest BCUT2D eigenvalue weighted by atomic mass is 79.9. The molecule has 2 amide bonds. The maximum Gasteiger partial charge on any atom is 0.410 e. The molecule has 2 heterocycles. The summed E-state index contributed by atoms with van der Waals surface area (Å²) < 4.78 is 6.48. The van der Waals surface area contributed by atoms with Crippen molar-refractivity contribution in [2.45, 2.75) is 39.3 Å². The first-order chi connectivity index (χ1) is 14.7. The maximum absolute atomic E-state index is 12.6. The zero-order valence-electron chi connectivity index (χ0n) is 17.9. The molecule has 1 aromatic carbocycles. The summed E-state index contributed by atoms with van der Waals surface area (Å²) in [6.45, 7) is 6.80. The average molecular weight is 487 g/mol. The molecule has 3 aromatic rings. The third kappa shape index (κ3) is 6.82. The van der Waals surface area contributed by atoms with Crippen LogP contribution in [0.2, 0.25) is 0 Å². The number of benzene rings is 1. The number of amides is 2. The van der Waals surface area contributed by atoms with Crippen LogP contribution in [0.4, 0.5) is 4.79 Å². The van der Waals surface area contributed by atoms with Crippen LogP contribution in [0.3, 0.4) is 0 Å². The summed E-state index contributed by atoms with van der Waals surface area (Å²) in [7, 11) is 0. The van der Waals surface area contributed by atoms with E-state index in [4.69, 9.17) is 4.74 Å². The first-order valence-electron chi connectivity index (χ1n) is 10.1. The zero-order chi connectivity index (χ0) is 22.4. The van der Waals surface area contributed by atoms with Crippen molar-refractivity contribution in [1.29, 1.82) is 0 Å². The maximum atomic E-state index is 12.6. The number of nitrogens with zero attached hydrogens (tertiary/aromatic N) is 2. The number of carbonyl (C=O) groups excluding carboxylic acids is 2. The van der Waals surface area contributed by atoms with E-state index >= 15 is 0 Å². The molecule has 7 nitrogen and oxygen atoms in total. The van der Waals surface area contributed by atoms with E-state index in [2.05, 4.69) is 31.2 Å². The van der Waals surface area contributed by atoms with Gasteiger partial charge in [-0.3, -0.25) is 9.78 Å². The summed E-state index contributed by atoms with van der Waals surface area (Å²) in [5.74, 6) is -0.177. The molecule has 0 radical (unpaired) electrons. The van der Waals surface area contributed by atoms with Crippen molar-refractivity contribution in [3.05, 3.63) is 64.5 Å². The minimum absolute atomic E-state index is 0.177. The predicted octanol–water partition coefficient (Wildman–Crippen LogP) is 4.88. The number of H-pyrrole nitrogens is 1. The predicted molar refractivity (Wildman–Crippen MR) is 124 cm³/mol.